The molecule has 1 aromatic rings. The molecule has 6 heteroatoms. The van der Waals surface area contributed by atoms with Crippen LogP contribution in [0.1, 0.15) is 30.1 Å². The highest BCUT2D eigenvalue weighted by molar-refractivity contribution is 6.34. The SMILES string of the molecule is CNC(=O)c1cc(NC(C)CCC(=O)O)ccc1Cl. The standard InChI is InChI=1S/C13H17ClN2O3/c1-8(3-6-12(17)18)16-9-4-5-11(14)10(7-9)13(19)15-2/h4-5,7-8,16H,3,6H2,1-2H3,(H,15,19)(H,17,18). The van der Waals surface area contributed by atoms with E-state index in [0.717, 1.165) is 5.69 Å². The molecule has 0 saturated carbocycles. The van der Waals surface area contributed by atoms with E-state index in [9.17, 15) is 9.59 Å². The number of carboxylic acids is 1. The van der Waals surface area contributed by atoms with E-state index in [-0.39, 0.29) is 18.4 Å². The summed E-state index contributed by atoms with van der Waals surface area (Å²) in [7, 11) is 1.54. The van der Waals surface area contributed by atoms with Crippen LogP contribution >= 0.6 is 11.6 Å². The number of hydrogen-bond acceptors (Lipinski definition) is 3. The molecular formula is C13H17ClN2O3. The van der Waals surface area contributed by atoms with E-state index < -0.39 is 5.97 Å². The number of anilines is 1. The Morgan fingerprint density at radius 3 is 2.68 bits per heavy atom. The number of carbonyl (C=O) groups is 2. The van der Waals surface area contributed by atoms with Crippen molar-refractivity contribution in [2.45, 2.75) is 25.8 Å². The molecule has 0 aliphatic heterocycles. The van der Waals surface area contributed by atoms with Gasteiger partial charge in [0.25, 0.3) is 5.91 Å². The maximum atomic E-state index is 11.6. The van der Waals surface area contributed by atoms with Gasteiger partial charge in [-0.05, 0) is 31.5 Å². The smallest absolute Gasteiger partial charge is 0.303 e. The fraction of sp³-hybridized carbons (Fsp3) is 0.385. The fourth-order valence-corrected chi connectivity index (χ4v) is 1.82. The van der Waals surface area contributed by atoms with Crippen LogP contribution in [0.3, 0.4) is 0 Å². The van der Waals surface area contributed by atoms with E-state index in [4.69, 9.17) is 16.7 Å². The summed E-state index contributed by atoms with van der Waals surface area (Å²) in [6.45, 7) is 1.89. The topological polar surface area (TPSA) is 78.4 Å². The lowest BCUT2D eigenvalue weighted by molar-refractivity contribution is -0.137. The maximum absolute atomic E-state index is 11.6. The third-order valence-electron chi connectivity index (χ3n) is 2.64. The van der Waals surface area contributed by atoms with Gasteiger partial charge in [0, 0.05) is 25.2 Å². The van der Waals surface area contributed by atoms with Gasteiger partial charge in [0.2, 0.25) is 0 Å². The Morgan fingerprint density at radius 1 is 1.42 bits per heavy atom. The van der Waals surface area contributed by atoms with Gasteiger partial charge in [0.1, 0.15) is 0 Å². The van der Waals surface area contributed by atoms with Crippen molar-refractivity contribution < 1.29 is 14.7 Å². The van der Waals surface area contributed by atoms with E-state index >= 15 is 0 Å². The maximum Gasteiger partial charge on any atom is 0.303 e. The number of benzene rings is 1. The highest BCUT2D eigenvalue weighted by Gasteiger charge is 2.11. The Balaban J connectivity index is 2.74. The second kappa shape index (κ2) is 6.99. The number of rotatable bonds is 6. The van der Waals surface area contributed by atoms with Gasteiger partial charge in [0.05, 0.1) is 10.6 Å². The molecule has 1 unspecified atom stereocenters. The molecule has 3 N–H and O–H groups in total. The van der Waals surface area contributed by atoms with E-state index in [0.29, 0.717) is 17.0 Å². The summed E-state index contributed by atoms with van der Waals surface area (Å²) < 4.78 is 0. The molecule has 1 atom stereocenters. The molecule has 0 fully saturated rings. The number of aliphatic carboxylic acids is 1. The lowest BCUT2D eigenvalue weighted by Crippen LogP contribution is -2.20. The van der Waals surface area contributed by atoms with Gasteiger partial charge in [-0.3, -0.25) is 9.59 Å². The quantitative estimate of drug-likeness (QED) is 0.749. The van der Waals surface area contributed by atoms with Crippen LogP contribution in [0.15, 0.2) is 18.2 Å². The van der Waals surface area contributed by atoms with Crippen LogP contribution < -0.4 is 10.6 Å². The van der Waals surface area contributed by atoms with Crippen molar-refractivity contribution in [3.8, 4) is 0 Å². The number of carboxylic acid groups (broad SMARTS) is 1. The van der Waals surface area contributed by atoms with Gasteiger partial charge < -0.3 is 15.7 Å². The first-order valence-corrected chi connectivity index (χ1v) is 6.31. The van der Waals surface area contributed by atoms with Crippen molar-refractivity contribution in [3.63, 3.8) is 0 Å². The first kappa shape index (κ1) is 15.3. The highest BCUT2D eigenvalue weighted by Crippen LogP contribution is 2.21. The molecule has 0 aliphatic carbocycles. The zero-order valence-electron chi connectivity index (χ0n) is 10.9. The molecule has 1 aromatic carbocycles. The third kappa shape index (κ3) is 4.79. The van der Waals surface area contributed by atoms with Gasteiger partial charge in [0.15, 0.2) is 0 Å². The fourth-order valence-electron chi connectivity index (χ4n) is 1.62. The molecule has 0 heterocycles. The summed E-state index contributed by atoms with van der Waals surface area (Å²) in [6.07, 6.45) is 0.608. The molecule has 104 valence electrons. The van der Waals surface area contributed by atoms with Crippen LogP contribution in [-0.4, -0.2) is 30.1 Å². The third-order valence-corrected chi connectivity index (χ3v) is 2.97. The van der Waals surface area contributed by atoms with Crippen molar-refractivity contribution in [1.29, 1.82) is 0 Å². The van der Waals surface area contributed by atoms with Gasteiger partial charge in [-0.15, -0.1) is 0 Å². The lowest BCUT2D eigenvalue weighted by Gasteiger charge is -2.15. The van der Waals surface area contributed by atoms with Crippen LogP contribution in [-0.2, 0) is 4.79 Å². The van der Waals surface area contributed by atoms with Crippen molar-refractivity contribution >= 4 is 29.2 Å². The minimum atomic E-state index is -0.823. The predicted octanol–water partition coefficient (Wildman–Crippen LogP) is 2.36. The number of hydrogen-bond donors (Lipinski definition) is 3. The molecule has 0 saturated heterocycles. The average Bonchev–Trinajstić information content (AvgIpc) is 2.37. The average molecular weight is 285 g/mol. The molecule has 0 aliphatic rings. The summed E-state index contributed by atoms with van der Waals surface area (Å²) in [4.78, 5) is 22.1. The lowest BCUT2D eigenvalue weighted by atomic mass is 10.1. The molecule has 1 amide bonds. The van der Waals surface area contributed by atoms with Gasteiger partial charge >= 0.3 is 5.97 Å². The molecular weight excluding hydrogens is 268 g/mol. The Kier molecular flexibility index (Phi) is 5.63. The second-order valence-electron chi connectivity index (χ2n) is 4.25. The molecule has 1 rings (SSSR count). The minimum Gasteiger partial charge on any atom is -0.481 e. The van der Waals surface area contributed by atoms with Crippen LogP contribution in [0.5, 0.6) is 0 Å². The van der Waals surface area contributed by atoms with E-state index in [1.807, 2.05) is 6.92 Å². The molecule has 19 heavy (non-hydrogen) atoms. The number of carbonyl (C=O) groups excluding carboxylic acids is 1. The van der Waals surface area contributed by atoms with Gasteiger partial charge in [-0.25, -0.2) is 0 Å². The number of amides is 1. The zero-order valence-corrected chi connectivity index (χ0v) is 11.6. The Morgan fingerprint density at radius 2 is 2.11 bits per heavy atom. The number of halogens is 1. The van der Waals surface area contributed by atoms with Crippen molar-refractivity contribution in [2.24, 2.45) is 0 Å². The summed E-state index contributed by atoms with van der Waals surface area (Å²) in [5, 5.41) is 14.6. The summed E-state index contributed by atoms with van der Waals surface area (Å²) in [6, 6.07) is 5.04. The predicted molar refractivity (Wildman–Crippen MR) is 74.8 cm³/mol. The first-order valence-electron chi connectivity index (χ1n) is 5.94. The van der Waals surface area contributed by atoms with Crippen LogP contribution in [0.25, 0.3) is 0 Å². The zero-order chi connectivity index (χ0) is 14.4. The Bertz CT molecular complexity index is 477. The molecule has 0 radical (unpaired) electrons. The van der Waals surface area contributed by atoms with Crippen molar-refractivity contribution in [2.75, 3.05) is 12.4 Å². The Labute approximate surface area is 117 Å². The van der Waals surface area contributed by atoms with Gasteiger partial charge in [-0.1, -0.05) is 11.6 Å². The van der Waals surface area contributed by atoms with Crippen LogP contribution in [0, 0.1) is 0 Å². The van der Waals surface area contributed by atoms with Crippen LogP contribution in [0.4, 0.5) is 5.69 Å². The molecule has 0 spiro atoms. The van der Waals surface area contributed by atoms with Gasteiger partial charge in [-0.2, -0.15) is 0 Å². The normalized spacial score (nSPS) is 11.7. The molecule has 5 nitrogen and oxygen atoms in total. The van der Waals surface area contributed by atoms with Crippen molar-refractivity contribution in [3.05, 3.63) is 28.8 Å². The first-order chi connectivity index (χ1) is 8.93. The largest absolute Gasteiger partial charge is 0.481 e. The monoisotopic (exact) mass is 284 g/mol. The van der Waals surface area contributed by atoms with Crippen molar-refractivity contribution in [1.82, 2.24) is 5.32 Å². The van der Waals surface area contributed by atoms with Crippen LogP contribution in [0.2, 0.25) is 5.02 Å². The number of nitrogens with one attached hydrogen (secondary N) is 2. The molecule has 0 bridgehead atoms. The minimum absolute atomic E-state index is 0.00480. The second-order valence-corrected chi connectivity index (χ2v) is 4.66. The summed E-state index contributed by atoms with van der Waals surface area (Å²) >= 11 is 5.94. The van der Waals surface area contributed by atoms with E-state index in [2.05, 4.69) is 10.6 Å². The highest BCUT2D eigenvalue weighted by atomic mass is 35.5. The summed E-state index contributed by atoms with van der Waals surface area (Å²) in [5.41, 5.74) is 1.13. The summed E-state index contributed by atoms with van der Waals surface area (Å²) in [5.74, 6) is -1.08. The van der Waals surface area contributed by atoms with E-state index in [1.165, 1.54) is 7.05 Å². The Hall–Kier alpha value is -1.75. The van der Waals surface area contributed by atoms with E-state index in [1.54, 1.807) is 18.2 Å². The molecule has 0 aromatic heterocycles.